The fourth-order valence-electron chi connectivity index (χ4n) is 2.24. The normalized spacial score (nSPS) is 20.9. The van der Waals surface area contributed by atoms with Crippen LogP contribution in [-0.2, 0) is 9.53 Å². The molecule has 5 heteroatoms. The second-order valence-corrected chi connectivity index (χ2v) is 4.25. The van der Waals surface area contributed by atoms with E-state index >= 15 is 0 Å². The molecule has 0 bridgehead atoms. The third kappa shape index (κ3) is 4.08. The third-order valence-electron chi connectivity index (χ3n) is 3.10. The zero-order valence-electron chi connectivity index (χ0n) is 10.0. The molecule has 1 atom stereocenters. The average Bonchev–Trinajstić information content (AvgIpc) is 2.27. The predicted octanol–water partition coefficient (Wildman–Crippen LogP) is -0.310. The zero-order valence-corrected chi connectivity index (χ0v) is 10.0. The number of piperidine rings is 1. The number of hydrogen-bond donors (Lipinski definition) is 2. The minimum Gasteiger partial charge on any atom is -0.378 e. The van der Waals surface area contributed by atoms with Crippen LogP contribution in [0.1, 0.15) is 26.2 Å². The molecular weight excluding hydrogens is 206 g/mol. The molecule has 5 nitrogen and oxygen atoms in total. The average molecular weight is 229 g/mol. The number of hydrogen-bond acceptors (Lipinski definition) is 4. The maximum atomic E-state index is 10.9. The van der Waals surface area contributed by atoms with Crippen LogP contribution in [0.2, 0.25) is 0 Å². The van der Waals surface area contributed by atoms with Crippen LogP contribution in [-0.4, -0.2) is 49.2 Å². The fraction of sp³-hybridized carbons (Fsp3) is 0.909. The van der Waals surface area contributed by atoms with Crippen LogP contribution >= 0.6 is 0 Å². The van der Waals surface area contributed by atoms with Gasteiger partial charge >= 0.3 is 0 Å². The van der Waals surface area contributed by atoms with E-state index in [4.69, 9.17) is 16.2 Å². The summed E-state index contributed by atoms with van der Waals surface area (Å²) >= 11 is 0. The summed E-state index contributed by atoms with van der Waals surface area (Å²) in [6.45, 7) is 5.16. The minimum absolute atomic E-state index is 0.0973. The Bertz CT molecular complexity index is 215. The molecule has 0 aliphatic carbocycles. The van der Waals surface area contributed by atoms with Crippen molar-refractivity contribution in [2.75, 3.05) is 26.2 Å². The summed E-state index contributed by atoms with van der Waals surface area (Å²) in [4.78, 5) is 13.1. The molecule has 0 aromatic carbocycles. The lowest BCUT2D eigenvalue weighted by Gasteiger charge is -2.36. The molecule has 0 saturated carbocycles. The first-order chi connectivity index (χ1) is 7.67. The molecule has 1 rings (SSSR count). The van der Waals surface area contributed by atoms with Gasteiger partial charge in [0, 0.05) is 38.7 Å². The van der Waals surface area contributed by atoms with Crippen molar-refractivity contribution in [3.8, 4) is 0 Å². The Morgan fingerprint density at radius 3 is 2.56 bits per heavy atom. The Labute approximate surface area is 97.1 Å². The number of primary amides is 1. The molecule has 1 aliphatic heterocycles. The lowest BCUT2D eigenvalue weighted by Crippen LogP contribution is -2.48. The Morgan fingerprint density at radius 2 is 2.12 bits per heavy atom. The monoisotopic (exact) mass is 229 g/mol. The van der Waals surface area contributed by atoms with Gasteiger partial charge in [-0.2, -0.15) is 0 Å². The summed E-state index contributed by atoms with van der Waals surface area (Å²) in [5.74, 6) is -0.276. The lowest BCUT2D eigenvalue weighted by molar-refractivity contribution is -0.119. The molecule has 16 heavy (non-hydrogen) atoms. The van der Waals surface area contributed by atoms with Crippen LogP contribution in [0.25, 0.3) is 0 Å². The Balaban J connectivity index is 2.35. The van der Waals surface area contributed by atoms with E-state index in [-0.39, 0.29) is 11.9 Å². The first kappa shape index (κ1) is 13.4. The summed E-state index contributed by atoms with van der Waals surface area (Å²) in [7, 11) is 0. The van der Waals surface area contributed by atoms with Crippen molar-refractivity contribution in [3.05, 3.63) is 0 Å². The first-order valence-corrected chi connectivity index (χ1v) is 6.01. The summed E-state index contributed by atoms with van der Waals surface area (Å²) in [5, 5.41) is 0. The summed E-state index contributed by atoms with van der Waals surface area (Å²) in [5.41, 5.74) is 10.9. The highest BCUT2D eigenvalue weighted by atomic mass is 16.5. The Kier molecular flexibility index (Phi) is 5.73. The number of carbonyl (C=O) groups excluding carboxylic acids is 1. The van der Waals surface area contributed by atoms with Gasteiger partial charge in [0.1, 0.15) is 0 Å². The third-order valence-corrected chi connectivity index (χ3v) is 3.10. The Hall–Kier alpha value is -0.650. The van der Waals surface area contributed by atoms with Gasteiger partial charge in [-0.05, 0) is 19.8 Å². The van der Waals surface area contributed by atoms with Crippen molar-refractivity contribution in [2.24, 2.45) is 11.5 Å². The van der Waals surface area contributed by atoms with Crippen molar-refractivity contribution >= 4 is 5.91 Å². The highest BCUT2D eigenvalue weighted by Gasteiger charge is 2.25. The SMILES string of the molecule is CCOC1CCN(C(CN)CC(N)=O)CC1. The molecule has 1 unspecified atom stereocenters. The smallest absolute Gasteiger partial charge is 0.219 e. The number of ether oxygens (including phenoxy) is 1. The van der Waals surface area contributed by atoms with E-state index in [0.29, 0.717) is 19.1 Å². The molecule has 0 aromatic heterocycles. The van der Waals surface area contributed by atoms with E-state index in [1.165, 1.54) is 0 Å². The number of nitrogens with two attached hydrogens (primary N) is 2. The van der Waals surface area contributed by atoms with Gasteiger partial charge in [0.2, 0.25) is 5.91 Å². The van der Waals surface area contributed by atoms with Crippen molar-refractivity contribution in [3.63, 3.8) is 0 Å². The van der Waals surface area contributed by atoms with Crippen LogP contribution in [0.15, 0.2) is 0 Å². The van der Waals surface area contributed by atoms with Gasteiger partial charge in [-0.1, -0.05) is 0 Å². The van der Waals surface area contributed by atoms with Gasteiger partial charge in [-0.25, -0.2) is 0 Å². The number of nitrogens with zero attached hydrogens (tertiary/aromatic N) is 1. The lowest BCUT2D eigenvalue weighted by atomic mass is 10.0. The molecule has 94 valence electrons. The van der Waals surface area contributed by atoms with Gasteiger partial charge in [-0.3, -0.25) is 9.69 Å². The molecule has 0 radical (unpaired) electrons. The predicted molar refractivity (Wildman–Crippen MR) is 62.9 cm³/mol. The van der Waals surface area contributed by atoms with Crippen molar-refractivity contribution in [1.82, 2.24) is 4.90 Å². The highest BCUT2D eigenvalue weighted by molar-refractivity contribution is 5.74. The van der Waals surface area contributed by atoms with Crippen LogP contribution in [0.5, 0.6) is 0 Å². The minimum atomic E-state index is -0.276. The van der Waals surface area contributed by atoms with Crippen LogP contribution in [0.3, 0.4) is 0 Å². The molecule has 4 N–H and O–H groups in total. The molecule has 0 aromatic rings. The van der Waals surface area contributed by atoms with Crippen molar-refractivity contribution in [1.29, 1.82) is 0 Å². The second-order valence-electron chi connectivity index (χ2n) is 4.25. The van der Waals surface area contributed by atoms with Gasteiger partial charge in [-0.15, -0.1) is 0 Å². The van der Waals surface area contributed by atoms with Crippen LogP contribution in [0, 0.1) is 0 Å². The standard InChI is InChI=1S/C11H23N3O2/c1-2-16-10-3-5-14(6-4-10)9(8-12)7-11(13)15/h9-10H,2-8,12H2,1H3,(H2,13,15). The van der Waals surface area contributed by atoms with E-state index in [9.17, 15) is 4.79 Å². The number of amides is 1. The van der Waals surface area contributed by atoms with Crippen LogP contribution in [0.4, 0.5) is 0 Å². The molecule has 1 saturated heterocycles. The number of carbonyl (C=O) groups is 1. The zero-order chi connectivity index (χ0) is 12.0. The number of likely N-dealkylation sites (tertiary alicyclic amines) is 1. The summed E-state index contributed by atoms with van der Waals surface area (Å²) < 4.78 is 5.58. The van der Waals surface area contributed by atoms with Gasteiger partial charge in [0.05, 0.1) is 6.10 Å². The molecule has 1 aliphatic rings. The molecule has 1 amide bonds. The summed E-state index contributed by atoms with van der Waals surface area (Å²) in [6, 6.07) is 0.0973. The molecule has 1 fully saturated rings. The van der Waals surface area contributed by atoms with E-state index in [0.717, 1.165) is 32.5 Å². The van der Waals surface area contributed by atoms with E-state index in [1.54, 1.807) is 0 Å². The molecule has 1 heterocycles. The number of rotatable bonds is 6. The second kappa shape index (κ2) is 6.83. The van der Waals surface area contributed by atoms with Gasteiger partial charge < -0.3 is 16.2 Å². The van der Waals surface area contributed by atoms with E-state index < -0.39 is 0 Å². The van der Waals surface area contributed by atoms with Gasteiger partial charge in [0.25, 0.3) is 0 Å². The van der Waals surface area contributed by atoms with Crippen molar-refractivity contribution in [2.45, 2.75) is 38.3 Å². The maximum Gasteiger partial charge on any atom is 0.219 e. The quantitative estimate of drug-likeness (QED) is 0.654. The Morgan fingerprint density at radius 1 is 1.50 bits per heavy atom. The van der Waals surface area contributed by atoms with E-state index in [2.05, 4.69) is 4.90 Å². The van der Waals surface area contributed by atoms with E-state index in [1.807, 2.05) is 6.92 Å². The van der Waals surface area contributed by atoms with Crippen LogP contribution < -0.4 is 11.5 Å². The summed E-state index contributed by atoms with van der Waals surface area (Å²) in [6.07, 6.45) is 2.76. The molecular formula is C11H23N3O2. The molecule has 0 spiro atoms. The maximum absolute atomic E-state index is 10.9. The largest absolute Gasteiger partial charge is 0.378 e. The van der Waals surface area contributed by atoms with Crippen molar-refractivity contribution < 1.29 is 9.53 Å². The highest BCUT2D eigenvalue weighted by Crippen LogP contribution is 2.16. The van der Waals surface area contributed by atoms with Gasteiger partial charge in [0.15, 0.2) is 0 Å². The fourth-order valence-corrected chi connectivity index (χ4v) is 2.24. The first-order valence-electron chi connectivity index (χ1n) is 6.01. The topological polar surface area (TPSA) is 81.6 Å².